The molecular formula is C22H21Cl2NO5. The van der Waals surface area contributed by atoms with Gasteiger partial charge in [0.05, 0.1) is 28.8 Å². The van der Waals surface area contributed by atoms with Crippen molar-refractivity contribution in [3.63, 3.8) is 0 Å². The van der Waals surface area contributed by atoms with Gasteiger partial charge in [-0.2, -0.15) is 0 Å². The van der Waals surface area contributed by atoms with E-state index in [9.17, 15) is 14.7 Å². The van der Waals surface area contributed by atoms with Crippen molar-refractivity contribution in [2.75, 3.05) is 27.4 Å². The Kier molecular flexibility index (Phi) is 7.02. The smallest absolute Gasteiger partial charge is 0.295 e. The molecular weight excluding hydrogens is 429 g/mol. The highest BCUT2D eigenvalue weighted by molar-refractivity contribution is 6.47. The Labute approximate surface area is 184 Å². The fraction of sp³-hybridized carbons (Fsp3) is 0.273. The minimum Gasteiger partial charge on any atom is -0.507 e. The Balaban J connectivity index is 2.18. The summed E-state index contributed by atoms with van der Waals surface area (Å²) in [6, 6.07) is 10.8. The lowest BCUT2D eigenvalue weighted by Gasteiger charge is -2.26. The Hall–Kier alpha value is -2.54. The summed E-state index contributed by atoms with van der Waals surface area (Å²) in [5, 5.41) is 11.6. The van der Waals surface area contributed by atoms with Crippen LogP contribution in [0.1, 0.15) is 23.6 Å². The van der Waals surface area contributed by atoms with Crippen molar-refractivity contribution >= 4 is 40.7 Å². The van der Waals surface area contributed by atoms with Crippen LogP contribution in [0.25, 0.3) is 5.76 Å². The highest BCUT2D eigenvalue weighted by atomic mass is 35.5. The van der Waals surface area contributed by atoms with Crippen LogP contribution >= 0.6 is 23.2 Å². The molecule has 2 aromatic rings. The van der Waals surface area contributed by atoms with E-state index in [1.807, 2.05) is 0 Å². The first-order chi connectivity index (χ1) is 14.4. The lowest BCUT2D eigenvalue weighted by molar-refractivity contribution is -0.140. The number of ether oxygens (including phenoxy) is 2. The van der Waals surface area contributed by atoms with E-state index in [4.69, 9.17) is 32.7 Å². The van der Waals surface area contributed by atoms with Gasteiger partial charge in [0.2, 0.25) is 0 Å². The molecule has 0 aromatic heterocycles. The fourth-order valence-corrected chi connectivity index (χ4v) is 3.80. The fourth-order valence-electron chi connectivity index (χ4n) is 3.50. The number of para-hydroxylation sites is 1. The predicted octanol–water partition coefficient (Wildman–Crippen LogP) is 4.46. The zero-order valence-electron chi connectivity index (χ0n) is 16.5. The van der Waals surface area contributed by atoms with Gasteiger partial charge >= 0.3 is 0 Å². The molecule has 1 atom stereocenters. The van der Waals surface area contributed by atoms with E-state index in [2.05, 4.69) is 0 Å². The van der Waals surface area contributed by atoms with E-state index in [-0.39, 0.29) is 22.9 Å². The molecule has 0 spiro atoms. The molecule has 6 nitrogen and oxygen atoms in total. The van der Waals surface area contributed by atoms with Crippen molar-refractivity contribution in [2.24, 2.45) is 0 Å². The molecule has 1 unspecified atom stereocenters. The average Bonchev–Trinajstić information content (AvgIpc) is 3.00. The second-order valence-electron chi connectivity index (χ2n) is 6.71. The van der Waals surface area contributed by atoms with Crippen LogP contribution in [-0.2, 0) is 14.3 Å². The summed E-state index contributed by atoms with van der Waals surface area (Å²) in [6.45, 7) is 0.702. The van der Waals surface area contributed by atoms with Gasteiger partial charge in [-0.25, -0.2) is 0 Å². The topological polar surface area (TPSA) is 76.1 Å². The molecule has 1 heterocycles. The number of hydrogen-bond acceptors (Lipinski definition) is 5. The summed E-state index contributed by atoms with van der Waals surface area (Å²) in [5.41, 5.74) is 0.859. The number of likely N-dealkylation sites (tertiary alicyclic amines) is 1. The number of aliphatic hydroxyl groups excluding tert-OH is 1. The second-order valence-corrected chi connectivity index (χ2v) is 7.52. The molecule has 8 heteroatoms. The maximum absolute atomic E-state index is 13.0. The van der Waals surface area contributed by atoms with Gasteiger partial charge in [-0.1, -0.05) is 41.4 Å². The first-order valence-corrected chi connectivity index (χ1v) is 10.0. The number of benzene rings is 2. The predicted molar refractivity (Wildman–Crippen MR) is 115 cm³/mol. The normalized spacial score (nSPS) is 18.1. The quantitative estimate of drug-likeness (QED) is 0.292. The molecule has 158 valence electrons. The lowest BCUT2D eigenvalue weighted by atomic mass is 9.94. The Morgan fingerprint density at radius 1 is 1.10 bits per heavy atom. The summed E-state index contributed by atoms with van der Waals surface area (Å²) >= 11 is 12.0. The number of Topliss-reactive ketones (excluding diaryl/α,β-unsaturated/α-hetero) is 1. The summed E-state index contributed by atoms with van der Waals surface area (Å²) < 4.78 is 10.5. The molecule has 1 saturated heterocycles. The number of amides is 1. The van der Waals surface area contributed by atoms with Crippen molar-refractivity contribution in [1.82, 2.24) is 4.90 Å². The second kappa shape index (κ2) is 9.51. The molecule has 1 amide bonds. The average molecular weight is 450 g/mol. The molecule has 1 fully saturated rings. The monoisotopic (exact) mass is 449 g/mol. The van der Waals surface area contributed by atoms with E-state index < -0.39 is 17.7 Å². The highest BCUT2D eigenvalue weighted by Gasteiger charge is 2.46. The molecule has 1 aliphatic heterocycles. The van der Waals surface area contributed by atoms with Crippen LogP contribution in [0.2, 0.25) is 10.0 Å². The number of rotatable bonds is 7. The van der Waals surface area contributed by atoms with Gasteiger partial charge in [-0.05, 0) is 30.7 Å². The van der Waals surface area contributed by atoms with Crippen LogP contribution in [0.4, 0.5) is 0 Å². The van der Waals surface area contributed by atoms with Crippen LogP contribution < -0.4 is 4.74 Å². The molecule has 2 aromatic carbocycles. The summed E-state index contributed by atoms with van der Waals surface area (Å²) in [7, 11) is 3.07. The van der Waals surface area contributed by atoms with Gasteiger partial charge in [-0.15, -0.1) is 0 Å². The Morgan fingerprint density at radius 2 is 1.83 bits per heavy atom. The zero-order chi connectivity index (χ0) is 21.8. The van der Waals surface area contributed by atoms with E-state index in [1.165, 1.54) is 24.1 Å². The summed E-state index contributed by atoms with van der Waals surface area (Å²) in [4.78, 5) is 27.2. The molecule has 3 rings (SSSR count). The van der Waals surface area contributed by atoms with Crippen molar-refractivity contribution in [2.45, 2.75) is 12.5 Å². The molecule has 0 bridgehead atoms. The van der Waals surface area contributed by atoms with Crippen LogP contribution in [0.15, 0.2) is 48.0 Å². The third kappa shape index (κ3) is 4.17. The third-order valence-corrected chi connectivity index (χ3v) is 5.65. The Morgan fingerprint density at radius 3 is 2.50 bits per heavy atom. The van der Waals surface area contributed by atoms with E-state index >= 15 is 0 Å². The van der Waals surface area contributed by atoms with Gasteiger partial charge in [0.25, 0.3) is 11.7 Å². The number of nitrogens with zero attached hydrogens (tertiary/aromatic N) is 1. The van der Waals surface area contributed by atoms with Crippen LogP contribution in [0, 0.1) is 0 Å². The standard InChI is InChI=1S/C22H21Cl2NO5/c1-29-11-5-10-25-19(14-6-3-4-7-17(14)30-2)18(21(27)22(25)28)20(26)13-8-9-15(23)16(24)12-13/h3-4,6-9,12,19,26H,5,10-11H2,1-2H3/b20-18+. The van der Waals surface area contributed by atoms with E-state index in [0.29, 0.717) is 34.9 Å². The van der Waals surface area contributed by atoms with Crippen molar-refractivity contribution in [1.29, 1.82) is 0 Å². The maximum atomic E-state index is 13.0. The molecule has 0 aliphatic carbocycles. The maximum Gasteiger partial charge on any atom is 0.295 e. The minimum absolute atomic E-state index is 0.0275. The number of methoxy groups -OCH3 is 2. The molecule has 0 radical (unpaired) electrons. The van der Waals surface area contributed by atoms with Gasteiger partial charge in [0, 0.05) is 31.4 Å². The van der Waals surface area contributed by atoms with Crippen molar-refractivity contribution in [3.8, 4) is 5.75 Å². The molecule has 1 aliphatic rings. The highest BCUT2D eigenvalue weighted by Crippen LogP contribution is 2.43. The summed E-state index contributed by atoms with van der Waals surface area (Å²) in [6.07, 6.45) is 0.530. The van der Waals surface area contributed by atoms with E-state index in [0.717, 1.165) is 0 Å². The van der Waals surface area contributed by atoms with Crippen molar-refractivity contribution < 1.29 is 24.2 Å². The summed E-state index contributed by atoms with van der Waals surface area (Å²) in [5.74, 6) is -1.28. The number of carbonyl (C=O) groups excluding carboxylic acids is 2. The molecule has 1 N–H and O–H groups in total. The van der Waals surface area contributed by atoms with Crippen LogP contribution in [0.5, 0.6) is 5.75 Å². The number of carbonyl (C=O) groups is 2. The SMILES string of the molecule is COCCCN1C(=O)C(=O)/C(=C(/O)c2ccc(Cl)c(Cl)c2)C1c1ccccc1OC. The van der Waals surface area contributed by atoms with Crippen LogP contribution in [-0.4, -0.2) is 49.1 Å². The van der Waals surface area contributed by atoms with Gasteiger partial charge < -0.3 is 19.5 Å². The molecule has 30 heavy (non-hydrogen) atoms. The van der Waals surface area contributed by atoms with Gasteiger partial charge in [-0.3, -0.25) is 9.59 Å². The van der Waals surface area contributed by atoms with E-state index in [1.54, 1.807) is 37.4 Å². The first kappa shape index (κ1) is 22.2. The first-order valence-electron chi connectivity index (χ1n) is 9.26. The molecule has 0 saturated carbocycles. The minimum atomic E-state index is -0.813. The Bertz CT molecular complexity index is 1000. The van der Waals surface area contributed by atoms with Gasteiger partial charge in [0.15, 0.2) is 0 Å². The third-order valence-electron chi connectivity index (χ3n) is 4.91. The largest absolute Gasteiger partial charge is 0.507 e. The lowest BCUT2D eigenvalue weighted by Crippen LogP contribution is -2.31. The number of hydrogen-bond donors (Lipinski definition) is 1. The number of halogens is 2. The number of aliphatic hydroxyl groups is 1. The van der Waals surface area contributed by atoms with Crippen molar-refractivity contribution in [3.05, 3.63) is 69.2 Å². The van der Waals surface area contributed by atoms with Gasteiger partial charge in [0.1, 0.15) is 11.5 Å². The number of ketones is 1. The van der Waals surface area contributed by atoms with Crippen LogP contribution in [0.3, 0.4) is 0 Å². The zero-order valence-corrected chi connectivity index (χ0v) is 18.0.